The van der Waals surface area contributed by atoms with Crippen LogP contribution in [0.5, 0.6) is 5.75 Å². The topological polar surface area (TPSA) is 50.4 Å². The van der Waals surface area contributed by atoms with Crippen LogP contribution in [0, 0.1) is 5.92 Å². The Hall–Kier alpha value is -1.26. The van der Waals surface area contributed by atoms with E-state index in [-0.39, 0.29) is 12.0 Å². The molecular formula is C15H21ClN2O2. The second kappa shape index (κ2) is 6.95. The van der Waals surface area contributed by atoms with Crippen molar-refractivity contribution in [2.45, 2.75) is 32.8 Å². The molecular weight excluding hydrogens is 276 g/mol. The van der Waals surface area contributed by atoms with Crippen molar-refractivity contribution in [1.29, 1.82) is 0 Å². The lowest BCUT2D eigenvalue weighted by molar-refractivity contribution is -0.116. The maximum Gasteiger partial charge on any atom is 0.224 e. The standard InChI is InChI=1S/C15H21ClN2O2/c1-10(2)20-14-4-3-12(8-13(14)16)18-15(19)7-11-5-6-17-9-11/h3-4,8,10-11,17H,5-7,9H2,1-2H3,(H,18,19). The third-order valence-corrected chi connectivity index (χ3v) is 3.51. The lowest BCUT2D eigenvalue weighted by Crippen LogP contribution is -2.18. The number of hydrogen-bond donors (Lipinski definition) is 2. The van der Waals surface area contributed by atoms with Gasteiger partial charge in [0, 0.05) is 12.1 Å². The van der Waals surface area contributed by atoms with Gasteiger partial charge in [-0.3, -0.25) is 4.79 Å². The first-order valence-electron chi connectivity index (χ1n) is 7.01. The largest absolute Gasteiger partial charge is 0.489 e. The Kier molecular flexibility index (Phi) is 5.26. The molecule has 0 spiro atoms. The SMILES string of the molecule is CC(C)Oc1ccc(NC(=O)CC2CCNC2)cc1Cl. The zero-order valence-corrected chi connectivity index (χ0v) is 12.7. The summed E-state index contributed by atoms with van der Waals surface area (Å²) in [6.45, 7) is 5.82. The number of anilines is 1. The van der Waals surface area contributed by atoms with Gasteiger partial charge in [0.25, 0.3) is 0 Å². The van der Waals surface area contributed by atoms with E-state index in [1.54, 1.807) is 12.1 Å². The minimum Gasteiger partial charge on any atom is -0.489 e. The summed E-state index contributed by atoms with van der Waals surface area (Å²) < 4.78 is 5.56. The lowest BCUT2D eigenvalue weighted by atomic mass is 10.0. The van der Waals surface area contributed by atoms with Gasteiger partial charge < -0.3 is 15.4 Å². The maximum absolute atomic E-state index is 11.9. The van der Waals surface area contributed by atoms with Crippen LogP contribution in [-0.4, -0.2) is 25.1 Å². The first-order chi connectivity index (χ1) is 9.54. The summed E-state index contributed by atoms with van der Waals surface area (Å²) in [6, 6.07) is 5.33. The van der Waals surface area contributed by atoms with E-state index >= 15 is 0 Å². The molecule has 1 unspecified atom stereocenters. The zero-order valence-electron chi connectivity index (χ0n) is 11.9. The number of carbonyl (C=O) groups excluding carboxylic acids is 1. The van der Waals surface area contributed by atoms with Gasteiger partial charge in [-0.05, 0) is 57.5 Å². The van der Waals surface area contributed by atoms with Gasteiger partial charge in [0.2, 0.25) is 5.91 Å². The van der Waals surface area contributed by atoms with Crippen molar-refractivity contribution in [2.24, 2.45) is 5.92 Å². The van der Waals surface area contributed by atoms with Crippen molar-refractivity contribution < 1.29 is 9.53 Å². The Bertz CT molecular complexity index is 471. The predicted molar refractivity (Wildman–Crippen MR) is 81.4 cm³/mol. The summed E-state index contributed by atoms with van der Waals surface area (Å²) in [5.41, 5.74) is 0.710. The van der Waals surface area contributed by atoms with E-state index in [4.69, 9.17) is 16.3 Å². The quantitative estimate of drug-likeness (QED) is 0.878. The number of amides is 1. The molecule has 4 nitrogen and oxygen atoms in total. The van der Waals surface area contributed by atoms with Gasteiger partial charge in [0.05, 0.1) is 11.1 Å². The second-order valence-electron chi connectivity index (χ2n) is 5.42. The number of rotatable bonds is 5. The summed E-state index contributed by atoms with van der Waals surface area (Å²) in [5, 5.41) is 6.66. The van der Waals surface area contributed by atoms with Crippen LogP contribution in [0.25, 0.3) is 0 Å². The molecule has 5 heteroatoms. The molecule has 1 atom stereocenters. The van der Waals surface area contributed by atoms with Crippen LogP contribution >= 0.6 is 11.6 Å². The third-order valence-electron chi connectivity index (χ3n) is 3.21. The zero-order chi connectivity index (χ0) is 14.5. The van der Waals surface area contributed by atoms with Gasteiger partial charge in [-0.2, -0.15) is 0 Å². The minimum atomic E-state index is 0.0345. The molecule has 0 bridgehead atoms. The smallest absolute Gasteiger partial charge is 0.224 e. The highest BCUT2D eigenvalue weighted by Crippen LogP contribution is 2.28. The second-order valence-corrected chi connectivity index (χ2v) is 5.83. The molecule has 2 N–H and O–H groups in total. The molecule has 110 valence electrons. The van der Waals surface area contributed by atoms with E-state index in [0.717, 1.165) is 19.5 Å². The molecule has 1 aliphatic rings. The molecule has 1 fully saturated rings. The Morgan fingerprint density at radius 1 is 1.55 bits per heavy atom. The van der Waals surface area contributed by atoms with E-state index in [1.807, 2.05) is 19.9 Å². The Labute approximate surface area is 124 Å². The highest BCUT2D eigenvalue weighted by Gasteiger charge is 2.18. The number of carbonyl (C=O) groups is 1. The lowest BCUT2D eigenvalue weighted by Gasteiger charge is -2.13. The van der Waals surface area contributed by atoms with Crippen molar-refractivity contribution in [3.8, 4) is 5.75 Å². The third kappa shape index (κ3) is 4.39. The van der Waals surface area contributed by atoms with E-state index in [0.29, 0.717) is 28.8 Å². The van der Waals surface area contributed by atoms with Gasteiger partial charge in [0.15, 0.2) is 0 Å². The van der Waals surface area contributed by atoms with Crippen LogP contribution in [0.3, 0.4) is 0 Å². The number of nitrogens with one attached hydrogen (secondary N) is 2. The molecule has 1 aromatic rings. The molecule has 0 radical (unpaired) electrons. The Morgan fingerprint density at radius 2 is 2.35 bits per heavy atom. The summed E-state index contributed by atoms with van der Waals surface area (Å²) in [7, 11) is 0. The number of ether oxygens (including phenoxy) is 1. The maximum atomic E-state index is 11.9. The fraction of sp³-hybridized carbons (Fsp3) is 0.533. The fourth-order valence-corrected chi connectivity index (χ4v) is 2.52. The first kappa shape index (κ1) is 15.1. The molecule has 1 saturated heterocycles. The van der Waals surface area contributed by atoms with Crippen molar-refractivity contribution in [2.75, 3.05) is 18.4 Å². The summed E-state index contributed by atoms with van der Waals surface area (Å²) >= 11 is 6.14. The first-order valence-corrected chi connectivity index (χ1v) is 7.39. The van der Waals surface area contributed by atoms with Crippen molar-refractivity contribution in [1.82, 2.24) is 5.32 Å². The van der Waals surface area contributed by atoms with E-state index in [9.17, 15) is 4.79 Å². The van der Waals surface area contributed by atoms with Crippen molar-refractivity contribution >= 4 is 23.2 Å². The molecule has 0 aromatic heterocycles. The Morgan fingerprint density at radius 3 is 2.95 bits per heavy atom. The Balaban J connectivity index is 1.92. The average Bonchev–Trinajstić information content (AvgIpc) is 2.85. The molecule has 2 rings (SSSR count). The molecule has 1 amide bonds. The number of halogens is 1. The molecule has 1 aliphatic heterocycles. The van der Waals surface area contributed by atoms with E-state index in [1.165, 1.54) is 0 Å². The van der Waals surface area contributed by atoms with Gasteiger partial charge in [-0.15, -0.1) is 0 Å². The minimum absolute atomic E-state index is 0.0345. The van der Waals surface area contributed by atoms with Crippen LogP contribution in [0.2, 0.25) is 5.02 Å². The van der Waals surface area contributed by atoms with Crippen molar-refractivity contribution in [3.63, 3.8) is 0 Å². The average molecular weight is 297 g/mol. The van der Waals surface area contributed by atoms with Crippen LogP contribution in [0.4, 0.5) is 5.69 Å². The molecule has 1 aromatic carbocycles. The van der Waals surface area contributed by atoms with Crippen LogP contribution in [-0.2, 0) is 4.79 Å². The predicted octanol–water partition coefficient (Wildman–Crippen LogP) is 3.07. The van der Waals surface area contributed by atoms with Crippen molar-refractivity contribution in [3.05, 3.63) is 23.2 Å². The fourth-order valence-electron chi connectivity index (χ4n) is 2.29. The highest BCUT2D eigenvalue weighted by molar-refractivity contribution is 6.32. The number of hydrogen-bond acceptors (Lipinski definition) is 3. The molecule has 0 saturated carbocycles. The number of benzene rings is 1. The van der Waals surface area contributed by atoms with E-state index in [2.05, 4.69) is 10.6 Å². The summed E-state index contributed by atoms with van der Waals surface area (Å²) in [5.74, 6) is 1.11. The van der Waals surface area contributed by atoms with Crippen LogP contribution in [0.15, 0.2) is 18.2 Å². The van der Waals surface area contributed by atoms with E-state index < -0.39 is 0 Å². The molecule has 20 heavy (non-hydrogen) atoms. The molecule has 1 heterocycles. The summed E-state index contributed by atoms with van der Waals surface area (Å²) in [4.78, 5) is 11.9. The normalized spacial score (nSPS) is 18.3. The summed E-state index contributed by atoms with van der Waals surface area (Å²) in [6.07, 6.45) is 1.69. The van der Waals surface area contributed by atoms with Gasteiger partial charge in [0.1, 0.15) is 5.75 Å². The van der Waals surface area contributed by atoms with Crippen LogP contribution in [0.1, 0.15) is 26.7 Å². The van der Waals surface area contributed by atoms with Crippen LogP contribution < -0.4 is 15.4 Å². The van der Waals surface area contributed by atoms with Gasteiger partial charge >= 0.3 is 0 Å². The monoisotopic (exact) mass is 296 g/mol. The van der Waals surface area contributed by atoms with Gasteiger partial charge in [-0.1, -0.05) is 11.6 Å². The molecule has 0 aliphatic carbocycles. The highest BCUT2D eigenvalue weighted by atomic mass is 35.5. The van der Waals surface area contributed by atoms with Gasteiger partial charge in [-0.25, -0.2) is 0 Å².